The Morgan fingerprint density at radius 2 is 1.93 bits per heavy atom. The van der Waals surface area contributed by atoms with Crippen LogP contribution in [0.5, 0.6) is 0 Å². The molecule has 2 aromatic carbocycles. The Hall–Kier alpha value is -3.74. The van der Waals surface area contributed by atoms with Gasteiger partial charge in [0.05, 0.1) is 29.5 Å². The van der Waals surface area contributed by atoms with Crippen LogP contribution in [0.1, 0.15) is 33.7 Å². The van der Waals surface area contributed by atoms with E-state index in [-0.39, 0.29) is 11.5 Å². The Balaban J connectivity index is 1.44. The van der Waals surface area contributed by atoms with E-state index in [0.29, 0.717) is 22.9 Å². The van der Waals surface area contributed by atoms with Crippen molar-refractivity contribution in [1.29, 1.82) is 0 Å². The fourth-order valence-electron chi connectivity index (χ4n) is 4.01. The van der Waals surface area contributed by atoms with Crippen LogP contribution in [0.2, 0.25) is 0 Å². The molecule has 1 aliphatic carbocycles. The number of amides is 1. The number of benzene rings is 2. The predicted molar refractivity (Wildman–Crippen MR) is 109 cm³/mol. The number of hydrogen-bond acceptors (Lipinski definition) is 4. The molecule has 0 radical (unpaired) electrons. The first-order valence-corrected chi connectivity index (χ1v) is 9.62. The van der Waals surface area contributed by atoms with Crippen LogP contribution < -0.4 is 10.9 Å². The van der Waals surface area contributed by atoms with Crippen molar-refractivity contribution in [3.8, 4) is 5.69 Å². The number of rotatable bonds is 4. The minimum atomic E-state index is -0.309. The highest BCUT2D eigenvalue weighted by Gasteiger charge is 2.23. The van der Waals surface area contributed by atoms with Crippen LogP contribution in [-0.2, 0) is 19.4 Å². The van der Waals surface area contributed by atoms with Crippen molar-refractivity contribution in [3.63, 3.8) is 0 Å². The van der Waals surface area contributed by atoms with E-state index in [2.05, 4.69) is 15.5 Å². The number of para-hydroxylation sites is 1. The Kier molecular flexibility index (Phi) is 4.20. The van der Waals surface area contributed by atoms with Gasteiger partial charge in [-0.3, -0.25) is 9.59 Å². The summed E-state index contributed by atoms with van der Waals surface area (Å²) < 4.78 is 1.99. The SMILES string of the molecule is O=C(NCc1nn(-c2ccccc2)c2c1CCC2)c1cccc2c(=O)[nH]ncc12. The number of nitrogens with one attached hydrogen (secondary N) is 2. The minimum Gasteiger partial charge on any atom is -0.346 e. The first-order valence-electron chi connectivity index (χ1n) is 9.62. The molecule has 0 fully saturated rings. The Morgan fingerprint density at radius 3 is 2.79 bits per heavy atom. The monoisotopic (exact) mass is 385 g/mol. The van der Waals surface area contributed by atoms with Gasteiger partial charge < -0.3 is 5.32 Å². The van der Waals surface area contributed by atoms with Crippen LogP contribution in [0, 0.1) is 0 Å². The molecule has 0 bridgehead atoms. The number of aromatic amines is 1. The Bertz CT molecular complexity index is 1270. The standard InChI is InChI=1S/C22H19N5O2/c28-21(15-8-4-9-16-18(15)12-24-25-22(16)29)23-13-19-17-10-5-11-20(17)27(26-19)14-6-2-1-3-7-14/h1-4,6-9,12H,5,10-11,13H2,(H,23,28)(H,25,29). The smallest absolute Gasteiger partial charge is 0.272 e. The average Bonchev–Trinajstić information content (AvgIpc) is 3.36. The quantitative estimate of drug-likeness (QED) is 0.565. The van der Waals surface area contributed by atoms with Gasteiger partial charge in [-0.1, -0.05) is 24.3 Å². The molecule has 2 N–H and O–H groups in total. The molecule has 0 saturated carbocycles. The molecule has 5 rings (SSSR count). The summed E-state index contributed by atoms with van der Waals surface area (Å²) in [7, 11) is 0. The van der Waals surface area contributed by atoms with E-state index in [4.69, 9.17) is 5.10 Å². The third kappa shape index (κ3) is 3.00. The summed E-state index contributed by atoms with van der Waals surface area (Å²) in [5, 5.41) is 14.9. The number of nitrogens with zero attached hydrogens (tertiary/aromatic N) is 3. The minimum absolute atomic E-state index is 0.246. The van der Waals surface area contributed by atoms with Gasteiger partial charge >= 0.3 is 0 Å². The van der Waals surface area contributed by atoms with Crippen molar-refractivity contribution in [2.75, 3.05) is 0 Å². The number of carbonyl (C=O) groups is 1. The zero-order valence-electron chi connectivity index (χ0n) is 15.7. The zero-order valence-corrected chi connectivity index (χ0v) is 15.7. The molecule has 1 aliphatic rings. The molecule has 0 unspecified atom stereocenters. The number of H-pyrrole nitrogens is 1. The number of fused-ring (bicyclic) bond motifs is 2. The molecule has 7 heteroatoms. The summed E-state index contributed by atoms with van der Waals surface area (Å²) in [6, 6.07) is 15.1. The third-order valence-electron chi connectivity index (χ3n) is 5.39. The first-order chi connectivity index (χ1) is 14.2. The van der Waals surface area contributed by atoms with Gasteiger partial charge in [-0.2, -0.15) is 10.2 Å². The molecule has 4 aromatic rings. The molecule has 29 heavy (non-hydrogen) atoms. The molecule has 2 heterocycles. The molecule has 144 valence electrons. The zero-order chi connectivity index (χ0) is 19.8. The van der Waals surface area contributed by atoms with Gasteiger partial charge in [0.25, 0.3) is 11.5 Å². The maximum Gasteiger partial charge on any atom is 0.272 e. The normalized spacial score (nSPS) is 12.8. The first kappa shape index (κ1) is 17.4. The van der Waals surface area contributed by atoms with Gasteiger partial charge in [0.1, 0.15) is 0 Å². The fourth-order valence-corrected chi connectivity index (χ4v) is 4.01. The van der Waals surface area contributed by atoms with E-state index in [1.54, 1.807) is 18.2 Å². The van der Waals surface area contributed by atoms with E-state index < -0.39 is 0 Å². The van der Waals surface area contributed by atoms with Crippen LogP contribution in [-0.4, -0.2) is 25.9 Å². The van der Waals surface area contributed by atoms with E-state index >= 15 is 0 Å². The van der Waals surface area contributed by atoms with Crippen LogP contribution in [0.3, 0.4) is 0 Å². The van der Waals surface area contributed by atoms with Gasteiger partial charge in [-0.05, 0) is 49.1 Å². The average molecular weight is 385 g/mol. The Morgan fingerprint density at radius 1 is 1.07 bits per heavy atom. The Labute approximate surface area is 166 Å². The second-order valence-electron chi connectivity index (χ2n) is 7.12. The highest BCUT2D eigenvalue weighted by atomic mass is 16.1. The topological polar surface area (TPSA) is 92.7 Å². The molecule has 2 aromatic heterocycles. The van der Waals surface area contributed by atoms with E-state index in [0.717, 1.165) is 30.6 Å². The van der Waals surface area contributed by atoms with Crippen molar-refractivity contribution in [2.45, 2.75) is 25.8 Å². The number of hydrogen-bond donors (Lipinski definition) is 2. The lowest BCUT2D eigenvalue weighted by molar-refractivity contribution is 0.0952. The lowest BCUT2D eigenvalue weighted by Crippen LogP contribution is -2.24. The summed E-state index contributed by atoms with van der Waals surface area (Å²) in [6.07, 6.45) is 4.57. The third-order valence-corrected chi connectivity index (χ3v) is 5.39. The second kappa shape index (κ2) is 7.01. The summed E-state index contributed by atoms with van der Waals surface area (Å²) in [6.45, 7) is 0.341. The second-order valence-corrected chi connectivity index (χ2v) is 7.12. The van der Waals surface area contributed by atoms with Gasteiger partial charge in [0.15, 0.2) is 0 Å². The van der Waals surface area contributed by atoms with Gasteiger partial charge in [-0.25, -0.2) is 9.78 Å². The number of carbonyl (C=O) groups excluding carboxylic acids is 1. The van der Waals surface area contributed by atoms with E-state index in [9.17, 15) is 9.59 Å². The molecule has 0 aliphatic heterocycles. The molecular formula is C22H19N5O2. The molecule has 7 nitrogen and oxygen atoms in total. The summed E-state index contributed by atoms with van der Waals surface area (Å²) >= 11 is 0. The van der Waals surface area contributed by atoms with E-state index in [1.165, 1.54) is 17.5 Å². The highest BCUT2D eigenvalue weighted by Crippen LogP contribution is 2.27. The lowest BCUT2D eigenvalue weighted by Gasteiger charge is -2.07. The van der Waals surface area contributed by atoms with Crippen LogP contribution in [0.4, 0.5) is 0 Å². The lowest BCUT2D eigenvalue weighted by atomic mass is 10.1. The van der Waals surface area contributed by atoms with Crippen molar-refractivity contribution >= 4 is 16.7 Å². The van der Waals surface area contributed by atoms with Crippen LogP contribution >= 0.6 is 0 Å². The number of aromatic nitrogens is 4. The summed E-state index contributed by atoms with van der Waals surface area (Å²) in [4.78, 5) is 24.8. The van der Waals surface area contributed by atoms with Gasteiger partial charge in [0, 0.05) is 16.6 Å². The van der Waals surface area contributed by atoms with Crippen molar-refractivity contribution in [1.82, 2.24) is 25.3 Å². The fraction of sp³-hybridized carbons (Fsp3) is 0.182. The highest BCUT2D eigenvalue weighted by molar-refractivity contribution is 6.06. The molecule has 0 atom stereocenters. The molecule has 1 amide bonds. The van der Waals surface area contributed by atoms with Crippen molar-refractivity contribution in [2.24, 2.45) is 0 Å². The molecule has 0 spiro atoms. The molecule has 0 saturated heterocycles. The maximum atomic E-state index is 12.8. The summed E-state index contributed by atoms with van der Waals surface area (Å²) in [5.41, 5.74) is 4.50. The van der Waals surface area contributed by atoms with Gasteiger partial charge in [-0.15, -0.1) is 0 Å². The van der Waals surface area contributed by atoms with Gasteiger partial charge in [0.2, 0.25) is 0 Å². The maximum absolute atomic E-state index is 12.8. The molecular weight excluding hydrogens is 366 g/mol. The summed E-state index contributed by atoms with van der Waals surface area (Å²) in [5.74, 6) is -0.246. The van der Waals surface area contributed by atoms with Crippen molar-refractivity contribution in [3.05, 3.63) is 87.6 Å². The van der Waals surface area contributed by atoms with Crippen LogP contribution in [0.15, 0.2) is 59.5 Å². The van der Waals surface area contributed by atoms with Crippen molar-refractivity contribution < 1.29 is 4.79 Å². The largest absolute Gasteiger partial charge is 0.346 e. The van der Waals surface area contributed by atoms with Crippen LogP contribution in [0.25, 0.3) is 16.5 Å². The van der Waals surface area contributed by atoms with E-state index in [1.807, 2.05) is 35.0 Å². The predicted octanol–water partition coefficient (Wildman–Crippen LogP) is 2.53.